The van der Waals surface area contributed by atoms with Crippen LogP contribution in [0, 0.1) is 6.92 Å². The van der Waals surface area contributed by atoms with E-state index in [9.17, 15) is 0 Å². The van der Waals surface area contributed by atoms with Crippen LogP contribution >= 0.6 is 0 Å². The van der Waals surface area contributed by atoms with Crippen molar-refractivity contribution in [2.45, 2.75) is 13.8 Å². The zero-order chi connectivity index (χ0) is 9.97. The lowest BCUT2D eigenvalue weighted by molar-refractivity contribution is 1.50. The van der Waals surface area contributed by atoms with Crippen molar-refractivity contribution in [2.75, 3.05) is 0 Å². The molecule has 0 aliphatic heterocycles. The molecule has 0 nitrogen and oxygen atoms in total. The van der Waals surface area contributed by atoms with Crippen LogP contribution in [0.5, 0.6) is 0 Å². The minimum atomic E-state index is 1.27. The first kappa shape index (κ1) is 9.01. The molecule has 2 aromatic carbocycles. The summed E-state index contributed by atoms with van der Waals surface area (Å²) in [5, 5.41) is 2.63. The van der Waals surface area contributed by atoms with E-state index in [-0.39, 0.29) is 0 Å². The average molecular weight is 182 g/mol. The van der Waals surface area contributed by atoms with E-state index in [0.29, 0.717) is 0 Å². The quantitative estimate of drug-likeness (QED) is 0.620. The molecule has 70 valence electrons. The Bertz CT molecular complexity index is 478. The van der Waals surface area contributed by atoms with Gasteiger partial charge in [0.2, 0.25) is 0 Å². The molecule has 0 heterocycles. The van der Waals surface area contributed by atoms with Crippen molar-refractivity contribution in [1.82, 2.24) is 0 Å². The standard InChI is InChI=1S/C14H14/c1-3-4-12-6-8-13-9-11(2)5-7-14(13)10-12/h3-10H,1-2H3/b4-3+. The van der Waals surface area contributed by atoms with Gasteiger partial charge in [0, 0.05) is 0 Å². The minimum Gasteiger partial charge on any atom is -0.0871 e. The summed E-state index contributed by atoms with van der Waals surface area (Å²) in [7, 11) is 0. The minimum absolute atomic E-state index is 1.27. The van der Waals surface area contributed by atoms with Crippen molar-refractivity contribution in [2.24, 2.45) is 0 Å². The highest BCUT2D eigenvalue weighted by Crippen LogP contribution is 2.18. The SMILES string of the molecule is C/C=C/c1ccc2cc(C)ccc2c1. The van der Waals surface area contributed by atoms with E-state index in [4.69, 9.17) is 0 Å². The maximum absolute atomic E-state index is 2.22. The highest BCUT2D eigenvalue weighted by molar-refractivity contribution is 5.85. The fourth-order valence-corrected chi connectivity index (χ4v) is 1.68. The zero-order valence-electron chi connectivity index (χ0n) is 8.62. The van der Waals surface area contributed by atoms with Crippen molar-refractivity contribution in [3.63, 3.8) is 0 Å². The summed E-state index contributed by atoms with van der Waals surface area (Å²) in [4.78, 5) is 0. The van der Waals surface area contributed by atoms with Crippen LogP contribution < -0.4 is 0 Å². The Kier molecular flexibility index (Phi) is 2.36. The van der Waals surface area contributed by atoms with Crippen LogP contribution in [0.15, 0.2) is 42.5 Å². The molecule has 0 radical (unpaired) electrons. The second kappa shape index (κ2) is 3.67. The summed E-state index contributed by atoms with van der Waals surface area (Å²) >= 11 is 0. The molecule has 14 heavy (non-hydrogen) atoms. The van der Waals surface area contributed by atoms with Gasteiger partial charge in [0.05, 0.1) is 0 Å². The maximum Gasteiger partial charge on any atom is -0.0178 e. The first-order valence-electron chi connectivity index (χ1n) is 4.93. The van der Waals surface area contributed by atoms with E-state index in [1.165, 1.54) is 21.9 Å². The topological polar surface area (TPSA) is 0 Å². The van der Waals surface area contributed by atoms with Crippen LogP contribution in [0.2, 0.25) is 0 Å². The Morgan fingerprint density at radius 3 is 2.43 bits per heavy atom. The molecule has 0 heteroatoms. The number of hydrogen-bond donors (Lipinski definition) is 0. The van der Waals surface area contributed by atoms with Crippen molar-refractivity contribution >= 4 is 16.8 Å². The number of rotatable bonds is 1. The molecule has 0 amide bonds. The molecule has 0 N–H and O–H groups in total. The molecule has 0 spiro atoms. The Morgan fingerprint density at radius 1 is 0.929 bits per heavy atom. The summed E-state index contributed by atoms with van der Waals surface area (Å²) in [5.74, 6) is 0. The first-order valence-corrected chi connectivity index (χ1v) is 4.93. The molecule has 0 fully saturated rings. The van der Waals surface area contributed by atoms with Gasteiger partial charge in [-0.05, 0) is 36.2 Å². The Labute approximate surface area is 84.9 Å². The van der Waals surface area contributed by atoms with Gasteiger partial charge in [0.25, 0.3) is 0 Å². The summed E-state index contributed by atoms with van der Waals surface area (Å²) in [6.07, 6.45) is 4.19. The molecule has 0 aliphatic rings. The van der Waals surface area contributed by atoms with Gasteiger partial charge < -0.3 is 0 Å². The van der Waals surface area contributed by atoms with Crippen LogP contribution in [-0.2, 0) is 0 Å². The third-order valence-corrected chi connectivity index (χ3v) is 2.38. The van der Waals surface area contributed by atoms with E-state index in [1.807, 2.05) is 6.92 Å². The molecular formula is C14H14. The van der Waals surface area contributed by atoms with E-state index < -0.39 is 0 Å². The fourth-order valence-electron chi connectivity index (χ4n) is 1.68. The van der Waals surface area contributed by atoms with Gasteiger partial charge in [-0.2, -0.15) is 0 Å². The van der Waals surface area contributed by atoms with Crippen LogP contribution in [0.4, 0.5) is 0 Å². The second-order valence-electron chi connectivity index (χ2n) is 3.61. The average Bonchev–Trinajstić information content (AvgIpc) is 2.19. The van der Waals surface area contributed by atoms with Crippen LogP contribution in [-0.4, -0.2) is 0 Å². The smallest absolute Gasteiger partial charge is 0.0178 e. The number of allylic oxidation sites excluding steroid dienone is 1. The zero-order valence-corrected chi connectivity index (χ0v) is 8.62. The lowest BCUT2D eigenvalue weighted by Crippen LogP contribution is -1.77. The third kappa shape index (κ3) is 1.69. The highest BCUT2D eigenvalue weighted by Gasteiger charge is 1.94. The van der Waals surface area contributed by atoms with Gasteiger partial charge >= 0.3 is 0 Å². The fraction of sp³-hybridized carbons (Fsp3) is 0.143. The Morgan fingerprint density at radius 2 is 1.64 bits per heavy atom. The monoisotopic (exact) mass is 182 g/mol. The number of hydrogen-bond acceptors (Lipinski definition) is 0. The van der Waals surface area contributed by atoms with Gasteiger partial charge in [-0.25, -0.2) is 0 Å². The van der Waals surface area contributed by atoms with Crippen LogP contribution in [0.3, 0.4) is 0 Å². The molecular weight excluding hydrogens is 168 g/mol. The normalized spacial score (nSPS) is 11.3. The van der Waals surface area contributed by atoms with Crippen LogP contribution in [0.1, 0.15) is 18.1 Å². The lowest BCUT2D eigenvalue weighted by Gasteiger charge is -2.00. The van der Waals surface area contributed by atoms with Crippen molar-refractivity contribution in [1.29, 1.82) is 0 Å². The van der Waals surface area contributed by atoms with E-state index in [1.54, 1.807) is 0 Å². The summed E-state index contributed by atoms with van der Waals surface area (Å²) in [5.41, 5.74) is 2.58. The highest BCUT2D eigenvalue weighted by atomic mass is 14.0. The van der Waals surface area contributed by atoms with E-state index in [0.717, 1.165) is 0 Å². The largest absolute Gasteiger partial charge is 0.0871 e. The van der Waals surface area contributed by atoms with E-state index in [2.05, 4.69) is 55.5 Å². The molecule has 0 unspecified atom stereocenters. The predicted molar refractivity (Wildman–Crippen MR) is 63.4 cm³/mol. The summed E-state index contributed by atoms with van der Waals surface area (Å²) in [6.45, 7) is 4.17. The molecule has 0 bridgehead atoms. The molecule has 2 aromatic rings. The second-order valence-corrected chi connectivity index (χ2v) is 3.61. The number of fused-ring (bicyclic) bond motifs is 1. The maximum atomic E-state index is 2.22. The molecule has 0 saturated carbocycles. The lowest BCUT2D eigenvalue weighted by atomic mass is 10.0. The van der Waals surface area contributed by atoms with Crippen molar-refractivity contribution < 1.29 is 0 Å². The Balaban J connectivity index is 2.61. The van der Waals surface area contributed by atoms with Gasteiger partial charge in [-0.3, -0.25) is 0 Å². The van der Waals surface area contributed by atoms with Crippen molar-refractivity contribution in [3.05, 3.63) is 53.6 Å². The van der Waals surface area contributed by atoms with Gasteiger partial charge in [-0.15, -0.1) is 0 Å². The van der Waals surface area contributed by atoms with Gasteiger partial charge in [0.15, 0.2) is 0 Å². The predicted octanol–water partition coefficient (Wildman–Crippen LogP) is 4.18. The van der Waals surface area contributed by atoms with Gasteiger partial charge in [0.1, 0.15) is 0 Å². The third-order valence-electron chi connectivity index (χ3n) is 2.38. The number of aryl methyl sites for hydroxylation is 1. The summed E-state index contributed by atoms with van der Waals surface area (Å²) in [6, 6.07) is 13.1. The van der Waals surface area contributed by atoms with Gasteiger partial charge in [-0.1, -0.05) is 48.0 Å². The summed E-state index contributed by atoms with van der Waals surface area (Å²) < 4.78 is 0. The molecule has 0 atom stereocenters. The Hall–Kier alpha value is -1.56. The van der Waals surface area contributed by atoms with Crippen molar-refractivity contribution in [3.8, 4) is 0 Å². The number of benzene rings is 2. The first-order chi connectivity index (χ1) is 6.79. The van der Waals surface area contributed by atoms with Crippen LogP contribution in [0.25, 0.3) is 16.8 Å². The molecule has 0 aromatic heterocycles. The van der Waals surface area contributed by atoms with E-state index >= 15 is 0 Å². The molecule has 0 aliphatic carbocycles. The molecule has 0 saturated heterocycles. The molecule has 2 rings (SSSR count).